The Hall–Kier alpha value is -2.13. The summed E-state index contributed by atoms with van der Waals surface area (Å²) in [4.78, 5) is 14.6. The molecule has 1 unspecified atom stereocenters. The molecule has 0 aliphatic rings. The first-order chi connectivity index (χ1) is 12.1. The number of esters is 1. The van der Waals surface area contributed by atoms with Crippen molar-refractivity contribution in [2.24, 2.45) is 11.8 Å². The summed E-state index contributed by atoms with van der Waals surface area (Å²) >= 11 is 0. The standard InChI is InChI=1S/C22H29NO2/c1-18(2)14-21(22(24)25-3)17-23(15-19-10-6-4-7-11-19)16-20-12-8-5-9-13-20/h4-13,18,21H,14-17H2,1-3H3. The third-order valence-electron chi connectivity index (χ3n) is 4.27. The van der Waals surface area contributed by atoms with Gasteiger partial charge >= 0.3 is 5.97 Å². The number of nitrogens with zero attached hydrogens (tertiary/aromatic N) is 1. The molecule has 2 aromatic carbocycles. The zero-order valence-corrected chi connectivity index (χ0v) is 15.5. The average molecular weight is 339 g/mol. The summed E-state index contributed by atoms with van der Waals surface area (Å²) in [5.74, 6) is 0.247. The van der Waals surface area contributed by atoms with E-state index in [9.17, 15) is 4.79 Å². The van der Waals surface area contributed by atoms with Gasteiger partial charge in [-0.3, -0.25) is 9.69 Å². The molecule has 0 N–H and O–H groups in total. The highest BCUT2D eigenvalue weighted by Gasteiger charge is 2.23. The second-order valence-corrected chi connectivity index (χ2v) is 6.99. The quantitative estimate of drug-likeness (QED) is 0.629. The van der Waals surface area contributed by atoms with E-state index < -0.39 is 0 Å². The van der Waals surface area contributed by atoms with Crippen LogP contribution in [0.25, 0.3) is 0 Å². The molecular weight excluding hydrogens is 310 g/mol. The van der Waals surface area contributed by atoms with E-state index in [2.05, 4.69) is 67.3 Å². The Bertz CT molecular complexity index is 583. The maximum Gasteiger partial charge on any atom is 0.309 e. The molecule has 0 fully saturated rings. The highest BCUT2D eigenvalue weighted by Crippen LogP contribution is 2.18. The van der Waals surface area contributed by atoms with Gasteiger partial charge < -0.3 is 4.74 Å². The smallest absolute Gasteiger partial charge is 0.309 e. The molecule has 3 nitrogen and oxygen atoms in total. The van der Waals surface area contributed by atoms with Crippen LogP contribution in [0.5, 0.6) is 0 Å². The fourth-order valence-corrected chi connectivity index (χ4v) is 3.16. The van der Waals surface area contributed by atoms with Crippen molar-refractivity contribution in [3.05, 3.63) is 71.8 Å². The van der Waals surface area contributed by atoms with Gasteiger partial charge in [0.15, 0.2) is 0 Å². The van der Waals surface area contributed by atoms with Gasteiger partial charge in [-0.25, -0.2) is 0 Å². The van der Waals surface area contributed by atoms with Gasteiger partial charge in [-0.15, -0.1) is 0 Å². The van der Waals surface area contributed by atoms with Crippen molar-refractivity contribution in [2.45, 2.75) is 33.4 Å². The Kier molecular flexibility index (Phi) is 7.68. The van der Waals surface area contributed by atoms with Crippen LogP contribution in [-0.4, -0.2) is 24.5 Å². The number of carbonyl (C=O) groups excluding carboxylic acids is 1. The molecule has 0 bridgehead atoms. The van der Waals surface area contributed by atoms with Crippen LogP contribution in [0.15, 0.2) is 60.7 Å². The van der Waals surface area contributed by atoms with Crippen LogP contribution in [0.2, 0.25) is 0 Å². The SMILES string of the molecule is COC(=O)C(CC(C)C)CN(Cc1ccccc1)Cc1ccccc1. The first-order valence-electron chi connectivity index (χ1n) is 8.96. The summed E-state index contributed by atoms with van der Waals surface area (Å²) < 4.78 is 5.05. The second-order valence-electron chi connectivity index (χ2n) is 6.99. The molecular formula is C22H29NO2. The molecule has 25 heavy (non-hydrogen) atoms. The Labute approximate surface area is 151 Å². The molecule has 3 heteroatoms. The Morgan fingerprint density at radius 1 is 0.920 bits per heavy atom. The molecule has 0 spiro atoms. The molecule has 0 radical (unpaired) electrons. The van der Waals surface area contributed by atoms with Gasteiger partial charge in [-0.05, 0) is 23.5 Å². The maximum atomic E-state index is 12.2. The highest BCUT2D eigenvalue weighted by molar-refractivity contribution is 5.72. The van der Waals surface area contributed by atoms with Gasteiger partial charge in [0.1, 0.15) is 0 Å². The van der Waals surface area contributed by atoms with Crippen molar-refractivity contribution in [1.29, 1.82) is 0 Å². The summed E-state index contributed by atoms with van der Waals surface area (Å²) in [6.45, 7) is 6.64. The van der Waals surface area contributed by atoms with Gasteiger partial charge in [0.2, 0.25) is 0 Å². The molecule has 0 aliphatic carbocycles. The van der Waals surface area contributed by atoms with E-state index in [1.165, 1.54) is 18.2 Å². The fourth-order valence-electron chi connectivity index (χ4n) is 3.16. The molecule has 0 saturated heterocycles. The third kappa shape index (κ3) is 6.71. The summed E-state index contributed by atoms with van der Waals surface area (Å²) in [5.41, 5.74) is 2.51. The first kappa shape index (κ1) is 19.2. The molecule has 0 aromatic heterocycles. The summed E-state index contributed by atoms with van der Waals surface area (Å²) in [6, 6.07) is 20.8. The Balaban J connectivity index is 2.15. The largest absolute Gasteiger partial charge is 0.469 e. The van der Waals surface area contributed by atoms with Crippen molar-refractivity contribution in [2.75, 3.05) is 13.7 Å². The minimum atomic E-state index is -0.111. The Morgan fingerprint density at radius 3 is 1.80 bits per heavy atom. The van der Waals surface area contributed by atoms with Crippen molar-refractivity contribution in [3.63, 3.8) is 0 Å². The van der Waals surface area contributed by atoms with Crippen LogP contribution in [0, 0.1) is 11.8 Å². The molecule has 0 saturated carbocycles. The van der Waals surface area contributed by atoms with Gasteiger partial charge in [0.05, 0.1) is 13.0 Å². The zero-order chi connectivity index (χ0) is 18.1. The number of hydrogen-bond acceptors (Lipinski definition) is 3. The number of carbonyl (C=O) groups is 1. The average Bonchev–Trinajstić information content (AvgIpc) is 2.61. The lowest BCUT2D eigenvalue weighted by atomic mass is 9.96. The van der Waals surface area contributed by atoms with Crippen LogP contribution in [0.3, 0.4) is 0 Å². The van der Waals surface area contributed by atoms with Gasteiger partial charge in [-0.1, -0.05) is 74.5 Å². The molecule has 2 aromatic rings. The van der Waals surface area contributed by atoms with Crippen molar-refractivity contribution in [1.82, 2.24) is 4.90 Å². The number of methoxy groups -OCH3 is 1. The topological polar surface area (TPSA) is 29.5 Å². The molecule has 2 rings (SSSR count). The lowest BCUT2D eigenvalue weighted by Gasteiger charge is -2.27. The van der Waals surface area contributed by atoms with Crippen LogP contribution in [-0.2, 0) is 22.6 Å². The number of ether oxygens (including phenoxy) is 1. The lowest BCUT2D eigenvalue weighted by molar-refractivity contribution is -0.146. The van der Waals surface area contributed by atoms with E-state index in [0.717, 1.165) is 19.5 Å². The van der Waals surface area contributed by atoms with Crippen molar-refractivity contribution in [3.8, 4) is 0 Å². The second kappa shape index (κ2) is 10.00. The maximum absolute atomic E-state index is 12.2. The summed E-state index contributed by atoms with van der Waals surface area (Å²) in [6.07, 6.45) is 0.840. The van der Waals surface area contributed by atoms with Gasteiger partial charge in [0, 0.05) is 19.6 Å². The predicted molar refractivity (Wildman–Crippen MR) is 102 cm³/mol. The molecule has 0 amide bonds. The van der Waals surface area contributed by atoms with E-state index in [0.29, 0.717) is 12.5 Å². The van der Waals surface area contributed by atoms with Gasteiger partial charge in [-0.2, -0.15) is 0 Å². The summed E-state index contributed by atoms with van der Waals surface area (Å²) in [7, 11) is 1.48. The lowest BCUT2D eigenvalue weighted by Crippen LogP contribution is -2.34. The molecule has 1 atom stereocenters. The van der Waals surface area contributed by atoms with E-state index in [-0.39, 0.29) is 11.9 Å². The van der Waals surface area contributed by atoms with E-state index in [1.807, 2.05) is 12.1 Å². The zero-order valence-electron chi connectivity index (χ0n) is 15.5. The minimum Gasteiger partial charge on any atom is -0.469 e. The number of rotatable bonds is 9. The highest BCUT2D eigenvalue weighted by atomic mass is 16.5. The van der Waals surface area contributed by atoms with Crippen LogP contribution in [0.4, 0.5) is 0 Å². The third-order valence-corrected chi connectivity index (χ3v) is 4.27. The van der Waals surface area contributed by atoms with Crippen molar-refractivity contribution >= 4 is 5.97 Å². The van der Waals surface area contributed by atoms with Crippen LogP contribution < -0.4 is 0 Å². The first-order valence-corrected chi connectivity index (χ1v) is 8.96. The molecule has 0 heterocycles. The van der Waals surface area contributed by atoms with E-state index >= 15 is 0 Å². The van der Waals surface area contributed by atoms with Crippen LogP contribution in [0.1, 0.15) is 31.4 Å². The molecule has 0 aliphatic heterocycles. The predicted octanol–water partition coefficient (Wildman–Crippen LogP) is 4.52. The monoisotopic (exact) mass is 339 g/mol. The van der Waals surface area contributed by atoms with E-state index in [1.54, 1.807) is 0 Å². The minimum absolute atomic E-state index is 0.0996. The van der Waals surface area contributed by atoms with Gasteiger partial charge in [0.25, 0.3) is 0 Å². The normalized spacial score (nSPS) is 12.4. The van der Waals surface area contributed by atoms with E-state index in [4.69, 9.17) is 4.74 Å². The fraction of sp³-hybridized carbons (Fsp3) is 0.409. The molecule has 134 valence electrons. The number of hydrogen-bond donors (Lipinski definition) is 0. The number of benzene rings is 2. The summed E-state index contributed by atoms with van der Waals surface area (Å²) in [5, 5.41) is 0. The van der Waals surface area contributed by atoms with Crippen molar-refractivity contribution < 1.29 is 9.53 Å². The Morgan fingerprint density at radius 2 is 1.40 bits per heavy atom. The van der Waals surface area contributed by atoms with Crippen LogP contribution >= 0.6 is 0 Å².